The molecule has 3 nitrogen and oxygen atoms in total. The Hall–Kier alpha value is -0.120. The first-order valence-corrected chi connectivity index (χ1v) is 2.29. The Kier molecular flexibility index (Phi) is 3.98. The van der Waals surface area contributed by atoms with Crippen molar-refractivity contribution in [1.29, 1.82) is 0 Å². The highest BCUT2D eigenvalue weighted by atomic mass is 16.5. The van der Waals surface area contributed by atoms with E-state index in [-0.39, 0.29) is 0 Å². The van der Waals surface area contributed by atoms with E-state index in [2.05, 4.69) is 5.48 Å². The number of hydroxylamine groups is 1. The zero-order chi connectivity index (χ0) is 5.70. The molecule has 3 heteroatoms. The summed E-state index contributed by atoms with van der Waals surface area (Å²) in [7, 11) is 3.91. The molecule has 0 spiro atoms. The zero-order valence-electron chi connectivity index (χ0n) is 4.81. The van der Waals surface area contributed by atoms with Crippen LogP contribution in [0.4, 0.5) is 0 Å². The largest absolute Gasteiger partial charge is 0.317 e. The first-order valence-electron chi connectivity index (χ1n) is 2.29. The van der Waals surface area contributed by atoms with Crippen LogP contribution in [0.3, 0.4) is 0 Å². The maximum Gasteiger partial charge on any atom is 0.0335 e. The molecule has 0 unspecified atom stereocenters. The lowest BCUT2D eigenvalue weighted by Gasteiger charge is -2.05. The fourth-order valence-electron chi connectivity index (χ4n) is 0.274. The second-order valence-corrected chi connectivity index (χ2v) is 1.71. The average molecular weight is 104 g/mol. The maximum atomic E-state index is 8.04. The van der Waals surface area contributed by atoms with Crippen LogP contribution in [0.25, 0.3) is 0 Å². The second-order valence-electron chi connectivity index (χ2n) is 1.71. The van der Waals surface area contributed by atoms with E-state index in [1.54, 1.807) is 0 Å². The molecule has 0 heterocycles. The topological polar surface area (TPSA) is 35.5 Å². The average Bonchev–Trinajstić information content (AvgIpc) is 1.61. The molecule has 0 fully saturated rings. The molecule has 0 aromatic carbocycles. The van der Waals surface area contributed by atoms with Gasteiger partial charge in [0.1, 0.15) is 0 Å². The van der Waals surface area contributed by atoms with Gasteiger partial charge < -0.3 is 10.1 Å². The molecular weight excluding hydrogens is 92.1 g/mol. The van der Waals surface area contributed by atoms with Crippen molar-refractivity contribution in [3.8, 4) is 0 Å². The van der Waals surface area contributed by atoms with Crippen molar-refractivity contribution in [2.45, 2.75) is 0 Å². The minimum atomic E-state index is 0.632. The van der Waals surface area contributed by atoms with Crippen molar-refractivity contribution in [1.82, 2.24) is 10.4 Å². The third kappa shape index (κ3) is 5.88. The van der Waals surface area contributed by atoms with Crippen molar-refractivity contribution < 1.29 is 5.21 Å². The quantitative estimate of drug-likeness (QED) is 0.475. The summed E-state index contributed by atoms with van der Waals surface area (Å²) in [5, 5.41) is 8.04. The van der Waals surface area contributed by atoms with Gasteiger partial charge in [0.05, 0.1) is 0 Å². The van der Waals surface area contributed by atoms with Gasteiger partial charge in [-0.15, -0.1) is 0 Å². The lowest BCUT2D eigenvalue weighted by Crippen LogP contribution is -2.23. The van der Waals surface area contributed by atoms with Gasteiger partial charge in [-0.1, -0.05) is 0 Å². The van der Waals surface area contributed by atoms with Gasteiger partial charge in [-0.3, -0.25) is 0 Å². The molecule has 0 rings (SSSR count). The third-order valence-electron chi connectivity index (χ3n) is 0.671. The van der Waals surface area contributed by atoms with E-state index in [1.165, 1.54) is 0 Å². The predicted octanol–water partition coefficient (Wildman–Crippen LogP) is -0.473. The van der Waals surface area contributed by atoms with Gasteiger partial charge in [-0.25, -0.2) is 5.48 Å². The van der Waals surface area contributed by atoms with E-state index in [9.17, 15) is 0 Å². The van der Waals surface area contributed by atoms with Crippen molar-refractivity contribution in [2.24, 2.45) is 0 Å². The van der Waals surface area contributed by atoms with E-state index in [4.69, 9.17) is 5.21 Å². The number of rotatable bonds is 3. The van der Waals surface area contributed by atoms with E-state index < -0.39 is 0 Å². The predicted molar refractivity (Wildman–Crippen MR) is 28.3 cm³/mol. The van der Waals surface area contributed by atoms with Crippen LogP contribution < -0.4 is 5.48 Å². The summed E-state index contributed by atoms with van der Waals surface area (Å²) < 4.78 is 0. The fourth-order valence-corrected chi connectivity index (χ4v) is 0.274. The molecule has 0 aliphatic rings. The SMILES string of the molecule is CN(C)CCNO. The van der Waals surface area contributed by atoms with Crippen LogP contribution in [-0.2, 0) is 0 Å². The zero-order valence-corrected chi connectivity index (χ0v) is 4.81. The lowest BCUT2D eigenvalue weighted by molar-refractivity contribution is 0.157. The first kappa shape index (κ1) is 6.88. The molecule has 0 bridgehead atoms. The van der Waals surface area contributed by atoms with Crippen molar-refractivity contribution in [3.05, 3.63) is 0 Å². The van der Waals surface area contributed by atoms with Crippen molar-refractivity contribution in [2.75, 3.05) is 27.2 Å². The Labute approximate surface area is 43.9 Å². The minimum absolute atomic E-state index is 0.632. The summed E-state index contributed by atoms with van der Waals surface area (Å²) in [6.07, 6.45) is 0. The third-order valence-corrected chi connectivity index (χ3v) is 0.671. The Bertz CT molecular complexity index is 38.7. The molecule has 0 atom stereocenters. The number of nitrogens with zero attached hydrogens (tertiary/aromatic N) is 1. The summed E-state index contributed by atoms with van der Waals surface area (Å²) in [6, 6.07) is 0. The molecule has 0 saturated heterocycles. The van der Waals surface area contributed by atoms with Gasteiger partial charge in [0.15, 0.2) is 0 Å². The summed E-state index contributed by atoms with van der Waals surface area (Å²) in [5.41, 5.74) is 2.06. The van der Waals surface area contributed by atoms with Gasteiger partial charge >= 0.3 is 0 Å². The number of hydrogen-bond donors (Lipinski definition) is 2. The van der Waals surface area contributed by atoms with Gasteiger partial charge in [0.2, 0.25) is 0 Å². The van der Waals surface area contributed by atoms with Crippen molar-refractivity contribution in [3.63, 3.8) is 0 Å². The monoisotopic (exact) mass is 104 g/mol. The Balaban J connectivity index is 2.68. The van der Waals surface area contributed by atoms with Gasteiger partial charge in [0, 0.05) is 13.1 Å². The minimum Gasteiger partial charge on any atom is -0.317 e. The fraction of sp³-hybridized carbons (Fsp3) is 1.00. The highest BCUT2D eigenvalue weighted by Crippen LogP contribution is 1.66. The van der Waals surface area contributed by atoms with E-state index in [0.717, 1.165) is 6.54 Å². The molecule has 0 amide bonds. The maximum absolute atomic E-state index is 8.04. The van der Waals surface area contributed by atoms with Gasteiger partial charge in [-0.05, 0) is 14.1 Å². The molecule has 0 aromatic heterocycles. The lowest BCUT2D eigenvalue weighted by atomic mass is 10.6. The molecule has 44 valence electrons. The van der Waals surface area contributed by atoms with Crippen LogP contribution in [0.1, 0.15) is 0 Å². The second kappa shape index (κ2) is 4.05. The van der Waals surface area contributed by atoms with E-state index in [1.807, 2.05) is 19.0 Å². The van der Waals surface area contributed by atoms with Gasteiger partial charge in [-0.2, -0.15) is 0 Å². The summed E-state index contributed by atoms with van der Waals surface area (Å²) >= 11 is 0. The molecule has 0 saturated carbocycles. The van der Waals surface area contributed by atoms with Crippen LogP contribution >= 0.6 is 0 Å². The van der Waals surface area contributed by atoms with Crippen LogP contribution in [0.5, 0.6) is 0 Å². The Morgan fingerprint density at radius 1 is 1.57 bits per heavy atom. The summed E-state index contributed by atoms with van der Waals surface area (Å²) in [5.74, 6) is 0. The smallest absolute Gasteiger partial charge is 0.0335 e. The number of likely N-dealkylation sites (N-methyl/N-ethyl adjacent to an activating group) is 1. The molecule has 0 aliphatic heterocycles. The molecular formula is C4H12N2O. The highest BCUT2D eigenvalue weighted by molar-refractivity contribution is 4.40. The highest BCUT2D eigenvalue weighted by Gasteiger charge is 1.83. The summed E-state index contributed by atoms with van der Waals surface area (Å²) in [6.45, 7) is 1.50. The summed E-state index contributed by atoms with van der Waals surface area (Å²) in [4.78, 5) is 1.99. The Morgan fingerprint density at radius 2 is 2.14 bits per heavy atom. The molecule has 2 N–H and O–H groups in total. The van der Waals surface area contributed by atoms with Crippen LogP contribution in [0.2, 0.25) is 0 Å². The van der Waals surface area contributed by atoms with Crippen LogP contribution in [0, 0.1) is 0 Å². The van der Waals surface area contributed by atoms with Gasteiger partial charge in [0.25, 0.3) is 0 Å². The van der Waals surface area contributed by atoms with Crippen LogP contribution in [0.15, 0.2) is 0 Å². The van der Waals surface area contributed by atoms with E-state index in [0.29, 0.717) is 6.54 Å². The molecule has 7 heavy (non-hydrogen) atoms. The standard InChI is InChI=1S/C4H12N2O/c1-6(2)4-3-5-7/h5,7H,3-4H2,1-2H3. The van der Waals surface area contributed by atoms with Crippen LogP contribution in [-0.4, -0.2) is 37.3 Å². The molecule has 0 aromatic rings. The first-order chi connectivity index (χ1) is 3.27. The molecule has 0 radical (unpaired) electrons. The molecule has 0 aliphatic carbocycles. The van der Waals surface area contributed by atoms with E-state index >= 15 is 0 Å². The Morgan fingerprint density at radius 3 is 2.29 bits per heavy atom. The number of hydrogen-bond acceptors (Lipinski definition) is 3. The normalized spacial score (nSPS) is 10.3. The van der Waals surface area contributed by atoms with Crippen molar-refractivity contribution >= 4 is 0 Å². The number of nitrogens with one attached hydrogen (secondary N) is 1.